The number of hydrogen-bond donors (Lipinski definition) is 3. The molecule has 0 radical (unpaired) electrons. The molecule has 0 aromatic carbocycles. The van der Waals surface area contributed by atoms with E-state index in [0.717, 1.165) is 0 Å². The average Bonchev–Trinajstić information content (AvgIpc) is 1.73. The Morgan fingerprint density at radius 2 is 1.00 bits per heavy atom. The Labute approximate surface area is 167 Å². The molecule has 0 spiro atoms. The molecular weight excluding hydrogens is 287 g/mol. The zero-order valence-corrected chi connectivity index (χ0v) is 13.7. The fraction of sp³-hybridized carbons (Fsp3) is 0. The monoisotopic (exact) mass is 296 g/mol. The first kappa shape index (κ1) is 24.0. The van der Waals surface area contributed by atoms with Gasteiger partial charge in [0, 0.05) is 17.1 Å². The van der Waals surface area contributed by atoms with E-state index >= 15 is 0 Å². The Kier molecular flexibility index (Phi) is 18.6. The Morgan fingerprint density at radius 3 is 1.00 bits per heavy atom. The van der Waals surface area contributed by atoms with Crippen LogP contribution >= 0.6 is 7.74 Å². The van der Waals surface area contributed by atoms with Crippen LogP contribution < -0.4 is 0 Å². The van der Waals surface area contributed by atoms with E-state index in [1.807, 2.05) is 0 Å². The summed E-state index contributed by atoms with van der Waals surface area (Å²) in [5.74, 6) is 0. The molecular formula is H9Ca3FeO5P. The van der Waals surface area contributed by atoms with Crippen LogP contribution in [0, 0.1) is 0 Å². The van der Waals surface area contributed by atoms with Gasteiger partial charge in [-0.05, 0) is 0 Å². The summed E-state index contributed by atoms with van der Waals surface area (Å²) < 4.78 is 6.76. The zero-order chi connectivity index (χ0) is 4.86. The van der Waals surface area contributed by atoms with Gasteiger partial charge in [0.05, 0.1) is 0 Å². The van der Waals surface area contributed by atoms with Gasteiger partial charge in [0.1, 0.15) is 0 Å². The predicted octanol–water partition coefficient (Wildman–Crippen LogP) is -1.42. The molecule has 1 fully saturated rings. The van der Waals surface area contributed by atoms with E-state index in [0.29, 0.717) is 0 Å². The van der Waals surface area contributed by atoms with Crippen molar-refractivity contribution < 1.29 is 49.7 Å². The van der Waals surface area contributed by atoms with Crippen LogP contribution in [0.2, 0.25) is 0 Å². The second-order valence-electron chi connectivity index (χ2n) is 0.982. The maximum atomic E-state index is 7.89. The third-order valence-electron chi connectivity index (χ3n) is 0.275. The molecule has 58 valence electrons. The second-order valence-corrected chi connectivity index (χ2v) is 2.95. The maximum absolute atomic E-state index is 7.89. The van der Waals surface area contributed by atoms with Crippen molar-refractivity contribution in [3.63, 3.8) is 0 Å². The molecule has 5 nitrogen and oxygen atoms in total. The van der Waals surface area contributed by atoms with E-state index in [2.05, 4.69) is 9.35 Å². The van der Waals surface area contributed by atoms with Crippen LogP contribution in [-0.2, 0) is 26.4 Å². The smallest absolute Gasteiger partial charge is 1.00 e. The van der Waals surface area contributed by atoms with Crippen molar-refractivity contribution in [1.82, 2.24) is 0 Å². The minimum atomic E-state index is -4.80. The molecule has 1 aliphatic rings. The van der Waals surface area contributed by atoms with Crippen molar-refractivity contribution in [3.8, 4) is 0 Å². The van der Waals surface area contributed by atoms with Gasteiger partial charge in [0.25, 0.3) is 0 Å². The topological polar surface area (TPSA) is 85.8 Å². The summed E-state index contributed by atoms with van der Waals surface area (Å²) >= 11 is 0. The molecule has 1 rings (SSSR count). The third-order valence-corrected chi connectivity index (χ3v) is 0.824. The SMILES string of the molecule is OP1(O)(O)OO1.[Ca+2].[Ca+2].[Ca+2].[Fe].[H-].[H-].[H-].[H-].[H-].[H-]. The van der Waals surface area contributed by atoms with Crippen LogP contribution in [-0.4, -0.2) is 128 Å². The molecule has 1 heterocycles. The molecule has 0 atom stereocenters. The molecule has 3 N–H and O–H groups in total. The van der Waals surface area contributed by atoms with Crippen LogP contribution in [0.1, 0.15) is 8.56 Å². The van der Waals surface area contributed by atoms with Gasteiger partial charge in [-0.15, -0.1) is 0 Å². The Morgan fingerprint density at radius 1 is 0.900 bits per heavy atom. The van der Waals surface area contributed by atoms with E-state index in [1.54, 1.807) is 0 Å². The molecule has 0 amide bonds. The molecule has 0 unspecified atom stereocenters. The normalized spacial score (nSPS) is 25.7. The van der Waals surface area contributed by atoms with Gasteiger partial charge in [0.15, 0.2) is 0 Å². The van der Waals surface area contributed by atoms with Gasteiger partial charge >= 0.3 is 145 Å². The standard InChI is InChI=1S/3Ca.Fe.H3O5P.6H/c;;;;1-6(2,3)4-5-6;;;;;;/h;;;;1-3H;;;;;;/q3*+2;;;6*-1. The summed E-state index contributed by atoms with van der Waals surface area (Å²) in [6, 6.07) is 0. The number of rotatable bonds is 0. The zero-order valence-electron chi connectivity index (χ0n) is 11.1. The fourth-order valence-corrected chi connectivity index (χ4v) is 0.402. The molecule has 0 aliphatic carbocycles. The summed E-state index contributed by atoms with van der Waals surface area (Å²) in [7, 11) is -4.80. The molecule has 0 aromatic rings. The summed E-state index contributed by atoms with van der Waals surface area (Å²) in [5.41, 5.74) is 0. The van der Waals surface area contributed by atoms with Gasteiger partial charge < -0.3 is 8.56 Å². The van der Waals surface area contributed by atoms with E-state index in [9.17, 15) is 0 Å². The predicted molar refractivity (Wildman–Crippen MR) is 39.7 cm³/mol. The van der Waals surface area contributed by atoms with Gasteiger partial charge in [0.2, 0.25) is 0 Å². The second kappa shape index (κ2) is 7.77. The van der Waals surface area contributed by atoms with Crippen molar-refractivity contribution in [3.05, 3.63) is 0 Å². The van der Waals surface area contributed by atoms with E-state index in [4.69, 9.17) is 14.7 Å². The van der Waals surface area contributed by atoms with E-state index in [-0.39, 0.29) is 139 Å². The Balaban J connectivity index is -0.00000000450. The third kappa shape index (κ3) is 12.5. The summed E-state index contributed by atoms with van der Waals surface area (Å²) in [4.78, 5) is 23.7. The van der Waals surface area contributed by atoms with E-state index in [1.165, 1.54) is 0 Å². The van der Waals surface area contributed by atoms with Gasteiger partial charge in [-0.3, -0.25) is 0 Å². The summed E-state index contributed by atoms with van der Waals surface area (Å²) in [6.45, 7) is 0. The minimum absolute atomic E-state index is 0. The average molecular weight is 296 g/mol. The van der Waals surface area contributed by atoms with Crippen LogP contribution in [0.25, 0.3) is 0 Å². The van der Waals surface area contributed by atoms with Crippen LogP contribution in [0.15, 0.2) is 0 Å². The summed E-state index contributed by atoms with van der Waals surface area (Å²) in [5, 5.41) is 0. The number of hydrogen-bond acceptors (Lipinski definition) is 5. The van der Waals surface area contributed by atoms with Crippen LogP contribution in [0.3, 0.4) is 0 Å². The van der Waals surface area contributed by atoms with Gasteiger partial charge in [-0.1, -0.05) is 0 Å². The van der Waals surface area contributed by atoms with Crippen LogP contribution in [0.5, 0.6) is 0 Å². The fourth-order valence-electron chi connectivity index (χ4n) is 0.0447. The molecule has 0 saturated carbocycles. The quantitative estimate of drug-likeness (QED) is 0.221. The minimum Gasteiger partial charge on any atom is -1.00 e. The van der Waals surface area contributed by atoms with Crippen molar-refractivity contribution in [2.24, 2.45) is 0 Å². The first-order valence-electron chi connectivity index (χ1n) is 1.13. The van der Waals surface area contributed by atoms with Gasteiger partial charge in [-0.2, -0.15) is 0 Å². The molecule has 0 bridgehead atoms. The first-order chi connectivity index (χ1) is 2.47. The maximum Gasteiger partial charge on any atom is 2.00 e. The van der Waals surface area contributed by atoms with Crippen molar-refractivity contribution in [2.75, 3.05) is 0 Å². The Hall–Kier alpha value is 4.53. The van der Waals surface area contributed by atoms with E-state index < -0.39 is 7.74 Å². The van der Waals surface area contributed by atoms with Gasteiger partial charge in [-0.25, -0.2) is 0 Å². The van der Waals surface area contributed by atoms with Crippen molar-refractivity contribution in [2.45, 2.75) is 0 Å². The molecule has 10 heavy (non-hydrogen) atoms. The van der Waals surface area contributed by atoms with Crippen LogP contribution in [0.4, 0.5) is 0 Å². The van der Waals surface area contributed by atoms with Crippen molar-refractivity contribution >= 4 is 121 Å². The molecule has 1 saturated heterocycles. The molecule has 10 heteroatoms. The largest absolute Gasteiger partial charge is 2.00 e. The molecule has 1 aliphatic heterocycles. The van der Waals surface area contributed by atoms with Crippen molar-refractivity contribution in [1.29, 1.82) is 0 Å². The molecule has 0 aromatic heterocycles. The summed E-state index contributed by atoms with van der Waals surface area (Å²) in [6.07, 6.45) is 0. The first-order valence-corrected chi connectivity index (χ1v) is 3.06. The Bertz CT molecular complexity index is 95.9.